The van der Waals surface area contributed by atoms with Crippen LogP contribution in [0.4, 0.5) is 0 Å². The first-order valence-corrected chi connectivity index (χ1v) is 9.85. The van der Waals surface area contributed by atoms with Crippen LogP contribution in [0.15, 0.2) is 36.4 Å². The van der Waals surface area contributed by atoms with Crippen LogP contribution in [0.3, 0.4) is 0 Å². The summed E-state index contributed by atoms with van der Waals surface area (Å²) in [5.41, 5.74) is 3.81. The van der Waals surface area contributed by atoms with Crippen LogP contribution < -0.4 is 5.32 Å². The average molecular weight is 376 g/mol. The second-order valence-electron chi connectivity index (χ2n) is 7.23. The van der Waals surface area contributed by atoms with Gasteiger partial charge >= 0.3 is 5.97 Å². The van der Waals surface area contributed by atoms with Gasteiger partial charge < -0.3 is 10.4 Å². The van der Waals surface area contributed by atoms with Gasteiger partial charge in [-0.15, -0.1) is 0 Å². The van der Waals surface area contributed by atoms with Crippen molar-refractivity contribution in [2.45, 2.75) is 52.5 Å². The third kappa shape index (κ3) is 6.62. The molecule has 2 N–H and O–H groups in total. The van der Waals surface area contributed by atoms with Crippen LogP contribution in [-0.4, -0.2) is 17.6 Å². The molecule has 26 heavy (non-hydrogen) atoms. The molecular weight excluding hydrogens is 346 g/mol. The summed E-state index contributed by atoms with van der Waals surface area (Å²) in [7, 11) is 0. The maximum absolute atomic E-state index is 10.6. The Morgan fingerprint density at radius 2 is 1.96 bits per heavy atom. The van der Waals surface area contributed by atoms with Crippen molar-refractivity contribution in [3.63, 3.8) is 0 Å². The van der Waals surface area contributed by atoms with Gasteiger partial charge in [0.1, 0.15) is 0 Å². The average Bonchev–Trinajstić information content (AvgIpc) is 2.57. The molecule has 0 heterocycles. The van der Waals surface area contributed by atoms with Gasteiger partial charge in [0.2, 0.25) is 0 Å². The van der Waals surface area contributed by atoms with E-state index in [9.17, 15) is 4.79 Å². The lowest BCUT2D eigenvalue weighted by molar-refractivity contribution is -0.137. The van der Waals surface area contributed by atoms with Crippen LogP contribution in [0, 0.1) is 25.7 Å². The molecule has 0 bridgehead atoms. The normalized spacial score (nSPS) is 20.0. The molecule has 0 aliphatic heterocycles. The fourth-order valence-electron chi connectivity index (χ4n) is 3.61. The fourth-order valence-corrected chi connectivity index (χ4v) is 3.93. The number of halogens is 1. The van der Waals surface area contributed by atoms with Crippen molar-refractivity contribution in [1.29, 1.82) is 0 Å². The van der Waals surface area contributed by atoms with Crippen molar-refractivity contribution in [2.75, 3.05) is 6.54 Å². The number of unbranched alkanes of at least 4 members (excludes halogenated alkanes) is 1. The van der Waals surface area contributed by atoms with E-state index in [0.717, 1.165) is 37.4 Å². The number of allylic oxidation sites excluding steroid dienone is 4. The Hall–Kier alpha value is -1.58. The summed E-state index contributed by atoms with van der Waals surface area (Å²) in [5.74, 6) is 0.405. The van der Waals surface area contributed by atoms with Crippen LogP contribution in [0.5, 0.6) is 0 Å². The Kier molecular flexibility index (Phi) is 8.40. The monoisotopic (exact) mass is 375 g/mol. The number of benzene rings is 1. The maximum atomic E-state index is 10.6. The Balaban J connectivity index is 1.84. The van der Waals surface area contributed by atoms with Crippen LogP contribution >= 0.6 is 11.6 Å². The summed E-state index contributed by atoms with van der Waals surface area (Å²) in [6.07, 6.45) is 13.0. The van der Waals surface area contributed by atoms with Gasteiger partial charge in [0, 0.05) is 18.0 Å². The van der Waals surface area contributed by atoms with Crippen LogP contribution in [-0.2, 0) is 11.3 Å². The predicted molar refractivity (Wildman–Crippen MR) is 109 cm³/mol. The molecular formula is C22H30ClNO2. The van der Waals surface area contributed by atoms with Crippen LogP contribution in [0.1, 0.15) is 48.8 Å². The first-order chi connectivity index (χ1) is 12.5. The molecule has 1 aliphatic carbocycles. The lowest BCUT2D eigenvalue weighted by Crippen LogP contribution is -2.28. The van der Waals surface area contributed by atoms with Gasteiger partial charge in [-0.1, -0.05) is 35.9 Å². The summed E-state index contributed by atoms with van der Waals surface area (Å²) in [6.45, 7) is 6.07. The number of carboxylic acid groups (broad SMARTS) is 1. The van der Waals surface area contributed by atoms with Gasteiger partial charge in [-0.2, -0.15) is 0 Å². The van der Waals surface area contributed by atoms with E-state index in [1.807, 2.05) is 12.1 Å². The number of carboxylic acids is 1. The fraction of sp³-hybridized carbons (Fsp3) is 0.500. The van der Waals surface area contributed by atoms with E-state index in [1.165, 1.54) is 16.7 Å². The predicted octanol–water partition coefficient (Wildman–Crippen LogP) is 5.44. The van der Waals surface area contributed by atoms with Gasteiger partial charge in [0.05, 0.1) is 0 Å². The molecule has 3 nitrogen and oxygen atoms in total. The minimum absolute atomic E-state index is 0.250. The third-order valence-corrected chi connectivity index (χ3v) is 5.35. The first kappa shape index (κ1) is 20.7. The summed E-state index contributed by atoms with van der Waals surface area (Å²) in [5, 5.41) is 13.1. The molecule has 1 aromatic carbocycles. The summed E-state index contributed by atoms with van der Waals surface area (Å²) in [6, 6.07) is 4.05. The number of rotatable bonds is 9. The molecule has 0 spiro atoms. The summed E-state index contributed by atoms with van der Waals surface area (Å²) < 4.78 is 0. The molecule has 2 rings (SSSR count). The number of carbonyl (C=O) groups is 1. The molecule has 0 fully saturated rings. The smallest absolute Gasteiger partial charge is 0.303 e. The van der Waals surface area contributed by atoms with Crippen molar-refractivity contribution in [3.8, 4) is 0 Å². The number of nitrogens with one attached hydrogen (secondary N) is 1. The number of aryl methyl sites for hydroxylation is 2. The molecule has 1 aliphatic rings. The van der Waals surface area contributed by atoms with Crippen LogP contribution in [0.25, 0.3) is 0 Å². The highest BCUT2D eigenvalue weighted by atomic mass is 35.5. The molecule has 0 saturated carbocycles. The zero-order valence-electron chi connectivity index (χ0n) is 15.8. The van der Waals surface area contributed by atoms with E-state index in [1.54, 1.807) is 0 Å². The molecule has 0 saturated heterocycles. The molecule has 0 radical (unpaired) electrons. The molecule has 0 unspecified atom stereocenters. The van der Waals surface area contributed by atoms with Gasteiger partial charge in [-0.3, -0.25) is 4.79 Å². The lowest BCUT2D eigenvalue weighted by Gasteiger charge is -2.27. The molecule has 1 aromatic rings. The Morgan fingerprint density at radius 3 is 2.65 bits per heavy atom. The first-order valence-electron chi connectivity index (χ1n) is 9.47. The number of hydrogen-bond donors (Lipinski definition) is 2. The zero-order valence-corrected chi connectivity index (χ0v) is 16.6. The second kappa shape index (κ2) is 10.5. The third-order valence-electron chi connectivity index (χ3n) is 5.13. The van der Waals surface area contributed by atoms with Crippen molar-refractivity contribution < 1.29 is 9.90 Å². The van der Waals surface area contributed by atoms with E-state index in [2.05, 4.69) is 43.5 Å². The van der Waals surface area contributed by atoms with Crippen molar-refractivity contribution >= 4 is 17.6 Å². The van der Waals surface area contributed by atoms with Crippen molar-refractivity contribution in [1.82, 2.24) is 5.32 Å². The summed E-state index contributed by atoms with van der Waals surface area (Å²) in [4.78, 5) is 10.6. The molecule has 0 aromatic heterocycles. The minimum atomic E-state index is -0.714. The minimum Gasteiger partial charge on any atom is -0.481 e. The molecule has 2 atom stereocenters. The lowest BCUT2D eigenvalue weighted by atomic mass is 9.82. The molecule has 4 heteroatoms. The maximum Gasteiger partial charge on any atom is 0.303 e. The SMILES string of the molecule is Cc1cc(Cl)cc(C)c1CNC[C@H]1CC=CC[C@@H]1/C=C\CCCC(=O)O. The van der Waals surface area contributed by atoms with E-state index in [4.69, 9.17) is 16.7 Å². The largest absolute Gasteiger partial charge is 0.481 e. The van der Waals surface area contributed by atoms with Gasteiger partial charge in [0.25, 0.3) is 0 Å². The quantitative estimate of drug-likeness (QED) is 0.446. The van der Waals surface area contributed by atoms with Gasteiger partial charge in [-0.25, -0.2) is 0 Å². The van der Waals surface area contributed by atoms with Crippen molar-refractivity contribution in [2.24, 2.45) is 11.8 Å². The number of hydrogen-bond acceptors (Lipinski definition) is 2. The highest BCUT2D eigenvalue weighted by Gasteiger charge is 2.19. The Labute approximate surface area is 162 Å². The van der Waals surface area contributed by atoms with Gasteiger partial charge in [-0.05, 0) is 86.7 Å². The van der Waals surface area contributed by atoms with Crippen molar-refractivity contribution in [3.05, 3.63) is 58.1 Å². The standard InChI is InChI=1S/C22H30ClNO2/c1-16-12-20(23)13-17(2)21(16)15-24-14-19-10-7-6-9-18(19)8-4-3-5-11-22(25)26/h4,6-8,12-13,18-19,24H,3,5,9-11,14-15H2,1-2H3,(H,25,26)/b8-4-/t18-,19+/m0/s1. The van der Waals surface area contributed by atoms with Crippen LogP contribution in [0.2, 0.25) is 5.02 Å². The van der Waals surface area contributed by atoms with Gasteiger partial charge in [0.15, 0.2) is 0 Å². The molecule has 0 amide bonds. The van der Waals surface area contributed by atoms with E-state index >= 15 is 0 Å². The highest BCUT2D eigenvalue weighted by molar-refractivity contribution is 6.30. The van der Waals surface area contributed by atoms with E-state index < -0.39 is 5.97 Å². The molecule has 142 valence electrons. The Bertz CT molecular complexity index is 643. The highest BCUT2D eigenvalue weighted by Crippen LogP contribution is 2.27. The second-order valence-corrected chi connectivity index (χ2v) is 7.67. The summed E-state index contributed by atoms with van der Waals surface area (Å²) >= 11 is 6.12. The Morgan fingerprint density at radius 1 is 1.27 bits per heavy atom. The number of aliphatic carboxylic acids is 1. The van der Waals surface area contributed by atoms with E-state index in [0.29, 0.717) is 18.3 Å². The van der Waals surface area contributed by atoms with E-state index in [-0.39, 0.29) is 6.42 Å². The zero-order chi connectivity index (χ0) is 18.9. The topological polar surface area (TPSA) is 49.3 Å².